The van der Waals surface area contributed by atoms with Gasteiger partial charge in [0.2, 0.25) is 0 Å². The first-order chi connectivity index (χ1) is 8.15. The second-order valence-corrected chi connectivity index (χ2v) is 4.13. The number of nitrogen functional groups attached to an aromatic ring is 1. The average Bonchev–Trinajstić information content (AvgIpc) is 2.29. The molecule has 2 rings (SSSR count). The number of pyridine rings is 1. The summed E-state index contributed by atoms with van der Waals surface area (Å²) in [6.07, 6.45) is 1.91. The van der Waals surface area contributed by atoms with Gasteiger partial charge in [0.05, 0.1) is 0 Å². The van der Waals surface area contributed by atoms with Gasteiger partial charge < -0.3 is 5.73 Å². The van der Waals surface area contributed by atoms with Crippen molar-refractivity contribution >= 4 is 23.2 Å². The van der Waals surface area contributed by atoms with Crippen LogP contribution >= 0.6 is 11.6 Å². The summed E-state index contributed by atoms with van der Waals surface area (Å²) >= 11 is 5.76. The van der Waals surface area contributed by atoms with E-state index in [0.717, 1.165) is 5.56 Å². The zero-order valence-electron chi connectivity index (χ0n) is 9.06. The van der Waals surface area contributed by atoms with E-state index in [1.807, 2.05) is 0 Å². The van der Waals surface area contributed by atoms with Crippen molar-refractivity contribution in [3.8, 4) is 0 Å². The lowest BCUT2D eigenvalue weighted by Gasteiger charge is -2.02. The summed E-state index contributed by atoms with van der Waals surface area (Å²) in [5, 5.41) is 0.620. The highest BCUT2D eigenvalue weighted by atomic mass is 35.5. The Labute approximate surface area is 104 Å². The number of carbonyl (C=O) groups excluding carboxylic acids is 1. The highest BCUT2D eigenvalue weighted by Gasteiger charge is 2.07. The zero-order valence-corrected chi connectivity index (χ0v) is 9.82. The maximum Gasteiger partial charge on any atom is 0.167 e. The molecule has 1 aromatic carbocycles. The SMILES string of the molecule is Nc1cc(CC(=O)c2ccc(Cl)cc2)ccn1. The predicted molar refractivity (Wildman–Crippen MR) is 68.1 cm³/mol. The predicted octanol–water partition coefficient (Wildman–Crippen LogP) is 2.74. The van der Waals surface area contributed by atoms with Crippen LogP contribution in [0.15, 0.2) is 42.6 Å². The second kappa shape index (κ2) is 4.97. The number of carbonyl (C=O) groups is 1. The monoisotopic (exact) mass is 246 g/mol. The molecule has 0 aliphatic carbocycles. The Balaban J connectivity index is 2.14. The molecule has 0 spiro atoms. The molecule has 2 N–H and O–H groups in total. The first kappa shape index (κ1) is 11.6. The molecule has 1 heterocycles. The van der Waals surface area contributed by atoms with Crippen molar-refractivity contribution in [2.45, 2.75) is 6.42 Å². The van der Waals surface area contributed by atoms with Gasteiger partial charge in [-0.15, -0.1) is 0 Å². The fourth-order valence-electron chi connectivity index (χ4n) is 1.53. The minimum atomic E-state index is 0.0345. The number of nitrogens with zero attached hydrogens (tertiary/aromatic N) is 1. The van der Waals surface area contributed by atoms with Crippen LogP contribution in [0.3, 0.4) is 0 Å². The molecular weight excluding hydrogens is 236 g/mol. The summed E-state index contributed by atoms with van der Waals surface area (Å²) in [5.41, 5.74) is 7.06. The average molecular weight is 247 g/mol. The van der Waals surface area contributed by atoms with E-state index in [-0.39, 0.29) is 5.78 Å². The number of benzene rings is 1. The number of nitrogens with two attached hydrogens (primary N) is 1. The van der Waals surface area contributed by atoms with Crippen molar-refractivity contribution < 1.29 is 4.79 Å². The molecule has 0 saturated heterocycles. The van der Waals surface area contributed by atoms with E-state index in [2.05, 4.69) is 4.98 Å². The number of halogens is 1. The number of anilines is 1. The highest BCUT2D eigenvalue weighted by molar-refractivity contribution is 6.30. The van der Waals surface area contributed by atoms with Crippen LogP contribution in [0, 0.1) is 0 Å². The van der Waals surface area contributed by atoms with E-state index in [4.69, 9.17) is 17.3 Å². The molecule has 0 aliphatic heterocycles. The molecule has 0 amide bonds. The minimum absolute atomic E-state index is 0.0345. The lowest BCUT2D eigenvalue weighted by Crippen LogP contribution is -2.04. The molecular formula is C13H11ClN2O. The molecule has 4 heteroatoms. The third-order valence-corrected chi connectivity index (χ3v) is 2.63. The first-order valence-corrected chi connectivity index (χ1v) is 5.52. The van der Waals surface area contributed by atoms with Gasteiger partial charge in [0.1, 0.15) is 5.82 Å². The Hall–Kier alpha value is -1.87. The molecule has 3 nitrogen and oxygen atoms in total. The fraction of sp³-hybridized carbons (Fsp3) is 0.0769. The van der Waals surface area contributed by atoms with Crippen LogP contribution in [-0.2, 0) is 6.42 Å². The van der Waals surface area contributed by atoms with Crippen molar-refractivity contribution in [2.75, 3.05) is 5.73 Å². The Morgan fingerprint density at radius 2 is 1.94 bits per heavy atom. The molecule has 17 heavy (non-hydrogen) atoms. The summed E-state index contributed by atoms with van der Waals surface area (Å²) in [6.45, 7) is 0. The van der Waals surface area contributed by atoms with E-state index in [1.54, 1.807) is 42.6 Å². The molecule has 0 saturated carbocycles. The van der Waals surface area contributed by atoms with Gasteiger partial charge in [0.15, 0.2) is 5.78 Å². The number of Topliss-reactive ketones (excluding diaryl/α,β-unsaturated/α-hetero) is 1. The van der Waals surface area contributed by atoms with Crippen LogP contribution in [0.25, 0.3) is 0 Å². The molecule has 0 atom stereocenters. The molecule has 86 valence electrons. The Kier molecular flexibility index (Phi) is 3.40. The third kappa shape index (κ3) is 3.04. The van der Waals surface area contributed by atoms with Crippen LogP contribution in [0.5, 0.6) is 0 Å². The Bertz CT molecular complexity index is 537. The number of rotatable bonds is 3. The van der Waals surface area contributed by atoms with Crippen molar-refractivity contribution in [1.29, 1.82) is 0 Å². The normalized spacial score (nSPS) is 10.2. The molecule has 0 unspecified atom stereocenters. The maximum atomic E-state index is 11.9. The van der Waals surface area contributed by atoms with Gasteiger partial charge in [-0.25, -0.2) is 4.98 Å². The third-order valence-electron chi connectivity index (χ3n) is 2.38. The van der Waals surface area contributed by atoms with Gasteiger partial charge in [-0.1, -0.05) is 11.6 Å². The van der Waals surface area contributed by atoms with Gasteiger partial charge in [-0.2, -0.15) is 0 Å². The van der Waals surface area contributed by atoms with E-state index in [1.165, 1.54) is 0 Å². The lowest BCUT2D eigenvalue weighted by atomic mass is 10.0. The van der Waals surface area contributed by atoms with E-state index in [9.17, 15) is 4.79 Å². The molecule has 0 aliphatic rings. The topological polar surface area (TPSA) is 56.0 Å². The smallest absolute Gasteiger partial charge is 0.167 e. The van der Waals surface area contributed by atoms with Crippen molar-refractivity contribution in [3.05, 3.63) is 58.7 Å². The maximum absolute atomic E-state index is 11.9. The molecule has 0 bridgehead atoms. The summed E-state index contributed by atoms with van der Waals surface area (Å²) in [6, 6.07) is 10.3. The zero-order chi connectivity index (χ0) is 12.3. The van der Waals surface area contributed by atoms with Crippen molar-refractivity contribution in [2.24, 2.45) is 0 Å². The Morgan fingerprint density at radius 1 is 1.24 bits per heavy atom. The second-order valence-electron chi connectivity index (χ2n) is 3.70. The largest absolute Gasteiger partial charge is 0.384 e. The van der Waals surface area contributed by atoms with E-state index in [0.29, 0.717) is 22.8 Å². The summed E-state index contributed by atoms with van der Waals surface area (Å²) < 4.78 is 0. The number of hydrogen-bond acceptors (Lipinski definition) is 3. The molecule has 0 fully saturated rings. The lowest BCUT2D eigenvalue weighted by molar-refractivity contribution is 0.0993. The van der Waals surface area contributed by atoms with Crippen LogP contribution in [-0.4, -0.2) is 10.8 Å². The van der Waals surface area contributed by atoms with Crippen molar-refractivity contribution in [1.82, 2.24) is 4.98 Å². The molecule has 2 aromatic rings. The van der Waals surface area contributed by atoms with E-state index < -0.39 is 0 Å². The van der Waals surface area contributed by atoms with Crippen molar-refractivity contribution in [3.63, 3.8) is 0 Å². The van der Waals surface area contributed by atoms with Crippen LogP contribution in [0.1, 0.15) is 15.9 Å². The molecule has 1 aromatic heterocycles. The quantitative estimate of drug-likeness (QED) is 0.848. The summed E-state index contributed by atoms with van der Waals surface area (Å²) in [4.78, 5) is 15.8. The number of aromatic nitrogens is 1. The summed E-state index contributed by atoms with van der Waals surface area (Å²) in [7, 11) is 0. The van der Waals surface area contributed by atoms with Gasteiger partial charge in [-0.05, 0) is 42.0 Å². The minimum Gasteiger partial charge on any atom is -0.384 e. The van der Waals surface area contributed by atoms with Crippen LogP contribution in [0.2, 0.25) is 5.02 Å². The Morgan fingerprint density at radius 3 is 2.59 bits per heavy atom. The van der Waals surface area contributed by atoms with Gasteiger partial charge >= 0.3 is 0 Å². The first-order valence-electron chi connectivity index (χ1n) is 5.14. The standard InChI is InChI=1S/C13H11ClN2O/c14-11-3-1-10(2-4-11)12(17)7-9-5-6-16-13(15)8-9/h1-6,8H,7H2,(H2,15,16). The van der Waals surface area contributed by atoms with Gasteiger partial charge in [-0.3, -0.25) is 4.79 Å². The fourth-order valence-corrected chi connectivity index (χ4v) is 1.65. The number of ketones is 1. The van der Waals surface area contributed by atoms with Gasteiger partial charge in [0.25, 0.3) is 0 Å². The van der Waals surface area contributed by atoms with Crippen LogP contribution in [0.4, 0.5) is 5.82 Å². The molecule has 0 radical (unpaired) electrons. The van der Waals surface area contributed by atoms with Gasteiger partial charge in [0, 0.05) is 23.2 Å². The number of hydrogen-bond donors (Lipinski definition) is 1. The summed E-state index contributed by atoms with van der Waals surface area (Å²) in [5.74, 6) is 0.457. The van der Waals surface area contributed by atoms with E-state index >= 15 is 0 Å². The highest BCUT2D eigenvalue weighted by Crippen LogP contribution is 2.12. The van der Waals surface area contributed by atoms with Crippen LogP contribution < -0.4 is 5.73 Å².